The highest BCUT2D eigenvalue weighted by atomic mass is 32.2. The molecule has 1 aromatic carbocycles. The first-order chi connectivity index (χ1) is 7.61. The summed E-state index contributed by atoms with van der Waals surface area (Å²) in [6, 6.07) is 5.25. The fourth-order valence-electron chi connectivity index (χ4n) is 1.67. The van der Waals surface area contributed by atoms with Gasteiger partial charge < -0.3 is 9.47 Å². The Morgan fingerprint density at radius 1 is 1.25 bits per heavy atom. The zero-order valence-corrected chi connectivity index (χ0v) is 9.92. The molecule has 5 heteroatoms. The van der Waals surface area contributed by atoms with Gasteiger partial charge in [-0.05, 0) is 24.1 Å². The van der Waals surface area contributed by atoms with Gasteiger partial charge in [-0.1, -0.05) is 13.0 Å². The van der Waals surface area contributed by atoms with Crippen LogP contribution in [-0.4, -0.2) is 21.0 Å². The molecule has 0 saturated heterocycles. The molecule has 0 atom stereocenters. The largest absolute Gasteiger partial charge is 0.454 e. The summed E-state index contributed by atoms with van der Waals surface area (Å²) in [6.45, 7) is 2.07. The van der Waals surface area contributed by atoms with Gasteiger partial charge in [0.2, 0.25) is 6.79 Å². The second-order valence-electron chi connectivity index (χ2n) is 3.78. The summed E-state index contributed by atoms with van der Waals surface area (Å²) in [6.07, 6.45) is 0.646. The molecule has 0 bridgehead atoms. The molecular formula is C11H14O4S. The van der Waals surface area contributed by atoms with E-state index in [-0.39, 0.29) is 18.3 Å². The van der Waals surface area contributed by atoms with Gasteiger partial charge in [0.1, 0.15) is 0 Å². The first kappa shape index (κ1) is 11.3. The van der Waals surface area contributed by atoms with Gasteiger partial charge in [-0.2, -0.15) is 0 Å². The summed E-state index contributed by atoms with van der Waals surface area (Å²) >= 11 is 0. The highest BCUT2D eigenvalue weighted by Crippen LogP contribution is 2.32. The Morgan fingerprint density at radius 2 is 2.00 bits per heavy atom. The van der Waals surface area contributed by atoms with Crippen LogP contribution in [0.1, 0.15) is 18.9 Å². The number of sulfone groups is 1. The van der Waals surface area contributed by atoms with E-state index >= 15 is 0 Å². The third kappa shape index (κ3) is 2.47. The average Bonchev–Trinajstić information content (AvgIpc) is 2.63. The fraction of sp³-hybridized carbons (Fsp3) is 0.455. The molecule has 0 unspecified atom stereocenters. The Labute approximate surface area is 95.1 Å². The van der Waals surface area contributed by atoms with Crippen LogP contribution >= 0.6 is 0 Å². The van der Waals surface area contributed by atoms with Crippen molar-refractivity contribution in [2.75, 3.05) is 12.5 Å². The van der Waals surface area contributed by atoms with Crippen molar-refractivity contribution in [2.24, 2.45) is 0 Å². The Kier molecular flexibility index (Phi) is 3.05. The normalized spacial score (nSPS) is 14.1. The van der Waals surface area contributed by atoms with E-state index in [1.54, 1.807) is 18.2 Å². The van der Waals surface area contributed by atoms with E-state index < -0.39 is 9.84 Å². The first-order valence-corrected chi connectivity index (χ1v) is 7.02. The van der Waals surface area contributed by atoms with E-state index in [4.69, 9.17) is 9.47 Å². The Hall–Kier alpha value is -1.23. The maximum atomic E-state index is 11.6. The summed E-state index contributed by atoms with van der Waals surface area (Å²) in [5.41, 5.74) is 0.748. The molecule has 0 spiro atoms. The Balaban J connectivity index is 2.17. The fourth-order valence-corrected chi connectivity index (χ4v) is 3.12. The van der Waals surface area contributed by atoms with Gasteiger partial charge in [-0.3, -0.25) is 0 Å². The summed E-state index contributed by atoms with van der Waals surface area (Å²) in [7, 11) is -3.00. The van der Waals surface area contributed by atoms with E-state index in [1.807, 2.05) is 6.92 Å². The number of benzene rings is 1. The van der Waals surface area contributed by atoms with Crippen molar-refractivity contribution >= 4 is 9.84 Å². The summed E-state index contributed by atoms with van der Waals surface area (Å²) < 4.78 is 33.6. The standard InChI is InChI=1S/C11H14O4S/c1-2-5-16(12,13)7-9-3-4-10-11(6-9)15-8-14-10/h3-4,6H,2,5,7-8H2,1H3. The summed E-state index contributed by atoms with van der Waals surface area (Å²) in [5, 5.41) is 0. The molecule has 0 N–H and O–H groups in total. The number of rotatable bonds is 4. The van der Waals surface area contributed by atoms with Gasteiger partial charge >= 0.3 is 0 Å². The second kappa shape index (κ2) is 4.33. The number of hydrogen-bond acceptors (Lipinski definition) is 4. The maximum absolute atomic E-state index is 11.6. The quantitative estimate of drug-likeness (QED) is 0.807. The van der Waals surface area contributed by atoms with Crippen LogP contribution in [0.15, 0.2) is 18.2 Å². The predicted octanol–water partition coefficient (Wildman–Crippen LogP) is 1.74. The van der Waals surface area contributed by atoms with Crippen molar-refractivity contribution in [1.82, 2.24) is 0 Å². The Morgan fingerprint density at radius 3 is 2.75 bits per heavy atom. The Bertz CT molecular complexity index is 479. The topological polar surface area (TPSA) is 52.6 Å². The van der Waals surface area contributed by atoms with Crippen molar-refractivity contribution in [3.05, 3.63) is 23.8 Å². The van der Waals surface area contributed by atoms with Crippen LogP contribution in [0.3, 0.4) is 0 Å². The van der Waals surface area contributed by atoms with Gasteiger partial charge in [0, 0.05) is 0 Å². The minimum absolute atomic E-state index is 0.0669. The molecule has 0 amide bonds. The van der Waals surface area contributed by atoms with Gasteiger partial charge in [-0.25, -0.2) is 8.42 Å². The highest BCUT2D eigenvalue weighted by Gasteiger charge is 2.16. The second-order valence-corrected chi connectivity index (χ2v) is 5.96. The third-order valence-electron chi connectivity index (χ3n) is 2.34. The molecule has 0 fully saturated rings. The van der Waals surface area contributed by atoms with Crippen molar-refractivity contribution in [2.45, 2.75) is 19.1 Å². The lowest BCUT2D eigenvalue weighted by atomic mass is 10.2. The molecule has 0 aromatic heterocycles. The lowest BCUT2D eigenvalue weighted by molar-refractivity contribution is 0.174. The number of fused-ring (bicyclic) bond motifs is 1. The molecule has 88 valence electrons. The molecule has 4 nitrogen and oxygen atoms in total. The minimum Gasteiger partial charge on any atom is -0.454 e. The van der Waals surface area contributed by atoms with Crippen LogP contribution in [0.2, 0.25) is 0 Å². The summed E-state index contributed by atoms with van der Waals surface area (Å²) in [4.78, 5) is 0. The van der Waals surface area contributed by atoms with Crippen molar-refractivity contribution < 1.29 is 17.9 Å². The molecule has 1 aliphatic rings. The minimum atomic E-state index is -3.00. The monoisotopic (exact) mass is 242 g/mol. The van der Waals surface area contributed by atoms with Gasteiger partial charge in [0.05, 0.1) is 11.5 Å². The van der Waals surface area contributed by atoms with Crippen LogP contribution < -0.4 is 9.47 Å². The number of ether oxygens (including phenoxy) is 2. The van der Waals surface area contributed by atoms with Crippen molar-refractivity contribution in [3.8, 4) is 11.5 Å². The van der Waals surface area contributed by atoms with Gasteiger partial charge in [0.25, 0.3) is 0 Å². The molecule has 0 radical (unpaired) electrons. The van der Waals surface area contributed by atoms with Crippen molar-refractivity contribution in [1.29, 1.82) is 0 Å². The first-order valence-electron chi connectivity index (χ1n) is 5.19. The molecule has 0 aliphatic carbocycles. The van der Waals surface area contributed by atoms with Crippen LogP contribution in [0.5, 0.6) is 11.5 Å². The van der Waals surface area contributed by atoms with Crippen molar-refractivity contribution in [3.63, 3.8) is 0 Å². The zero-order valence-electron chi connectivity index (χ0n) is 9.10. The highest BCUT2D eigenvalue weighted by molar-refractivity contribution is 7.90. The molecular weight excluding hydrogens is 228 g/mol. The van der Waals surface area contributed by atoms with E-state index in [9.17, 15) is 8.42 Å². The van der Waals surface area contributed by atoms with E-state index in [0.717, 1.165) is 5.56 Å². The molecule has 0 saturated carbocycles. The summed E-state index contributed by atoms with van der Waals surface area (Å²) in [5.74, 6) is 1.60. The number of hydrogen-bond donors (Lipinski definition) is 0. The van der Waals surface area contributed by atoms with Crippen LogP contribution in [0.25, 0.3) is 0 Å². The van der Waals surface area contributed by atoms with Gasteiger partial charge in [0.15, 0.2) is 21.3 Å². The average molecular weight is 242 g/mol. The smallest absolute Gasteiger partial charge is 0.231 e. The molecule has 1 aliphatic heterocycles. The van der Waals surface area contributed by atoms with E-state index in [0.29, 0.717) is 17.9 Å². The molecule has 1 aromatic rings. The SMILES string of the molecule is CCCS(=O)(=O)Cc1ccc2c(c1)OCO2. The maximum Gasteiger partial charge on any atom is 0.231 e. The predicted molar refractivity (Wildman–Crippen MR) is 60.3 cm³/mol. The van der Waals surface area contributed by atoms with E-state index in [2.05, 4.69) is 0 Å². The lowest BCUT2D eigenvalue weighted by Crippen LogP contribution is -2.08. The van der Waals surface area contributed by atoms with E-state index in [1.165, 1.54) is 0 Å². The molecule has 1 heterocycles. The molecule has 16 heavy (non-hydrogen) atoms. The van der Waals surface area contributed by atoms with Gasteiger partial charge in [-0.15, -0.1) is 0 Å². The van der Waals surface area contributed by atoms with Crippen LogP contribution in [0, 0.1) is 0 Å². The zero-order chi connectivity index (χ0) is 11.6. The third-order valence-corrected chi connectivity index (χ3v) is 4.14. The lowest BCUT2D eigenvalue weighted by Gasteiger charge is -2.04. The molecule has 2 rings (SSSR count). The van der Waals surface area contributed by atoms with Crippen LogP contribution in [-0.2, 0) is 15.6 Å². The van der Waals surface area contributed by atoms with Crippen LogP contribution in [0.4, 0.5) is 0 Å².